The predicted molar refractivity (Wildman–Crippen MR) is 323 cm³/mol. The molecule has 5 aromatic rings. The van der Waals surface area contributed by atoms with Crippen molar-refractivity contribution in [1.29, 1.82) is 0 Å². The van der Waals surface area contributed by atoms with Crippen LogP contribution in [0.25, 0.3) is 5.57 Å². The van der Waals surface area contributed by atoms with Gasteiger partial charge in [0.2, 0.25) is 0 Å². The summed E-state index contributed by atoms with van der Waals surface area (Å²) in [5.41, 5.74) is 25.9. The summed E-state index contributed by atoms with van der Waals surface area (Å²) in [5.74, 6) is 0. The third kappa shape index (κ3) is 7.34. The lowest BCUT2D eigenvalue weighted by Gasteiger charge is -2.52. The van der Waals surface area contributed by atoms with Gasteiger partial charge in [-0.25, -0.2) is 0 Å². The molecule has 4 aromatic carbocycles. The molecule has 0 N–H and O–H groups in total. The molecule has 0 saturated carbocycles. The first-order chi connectivity index (χ1) is 34.3. The Labute approximate surface area is 453 Å². The number of fused-ring (bicyclic) bond motifs is 8. The van der Waals surface area contributed by atoms with E-state index in [0.29, 0.717) is 0 Å². The molecule has 0 fully saturated rings. The van der Waals surface area contributed by atoms with Gasteiger partial charge in [-0.05, 0) is 198 Å². The van der Waals surface area contributed by atoms with E-state index in [1.54, 1.807) is 37.5 Å². The Balaban J connectivity index is 1.24. The molecule has 0 amide bonds. The van der Waals surface area contributed by atoms with Gasteiger partial charge >= 0.3 is 0 Å². The Morgan fingerprint density at radius 1 is 0.527 bits per heavy atom. The van der Waals surface area contributed by atoms with E-state index in [0.717, 1.165) is 6.42 Å². The van der Waals surface area contributed by atoms with Gasteiger partial charge in [0, 0.05) is 32.4 Å². The zero-order valence-corrected chi connectivity index (χ0v) is 50.1. The molecule has 1 atom stereocenters. The maximum atomic E-state index is 2.97. The molecule has 5 aliphatic carbocycles. The molecule has 388 valence electrons. The molecule has 12 rings (SSSR count). The Bertz CT molecular complexity index is 3260. The quantitative estimate of drug-likeness (QED) is 0.163. The van der Waals surface area contributed by atoms with Crippen LogP contribution in [0.2, 0.25) is 0 Å². The van der Waals surface area contributed by atoms with Crippen molar-refractivity contribution >= 4 is 67.8 Å². The summed E-state index contributed by atoms with van der Waals surface area (Å²) in [5, 5.41) is 0. The normalized spacial score (nSPS) is 24.6. The van der Waals surface area contributed by atoms with E-state index < -0.39 is 0 Å². The number of rotatable bonds is 3. The van der Waals surface area contributed by atoms with Gasteiger partial charge in [0.25, 0.3) is 6.71 Å². The Morgan fingerprint density at radius 3 is 1.70 bits per heavy atom. The fraction of sp³-hybridized carbons (Fsp3) is 0.543. The van der Waals surface area contributed by atoms with E-state index in [9.17, 15) is 0 Å². The number of nitrogens with zero attached hydrogens (tertiary/aromatic N) is 2. The van der Waals surface area contributed by atoms with Crippen LogP contribution in [0.5, 0.6) is 0 Å². The molecule has 1 unspecified atom stereocenters. The summed E-state index contributed by atoms with van der Waals surface area (Å²) in [4.78, 5) is 7.45. The molecule has 0 spiro atoms. The van der Waals surface area contributed by atoms with Crippen LogP contribution in [-0.2, 0) is 37.9 Å². The number of benzene rings is 4. The van der Waals surface area contributed by atoms with E-state index >= 15 is 0 Å². The van der Waals surface area contributed by atoms with E-state index in [1.807, 2.05) is 0 Å². The largest absolute Gasteiger partial charge is 0.334 e. The Hall–Kier alpha value is -4.28. The Kier molecular flexibility index (Phi) is 10.7. The van der Waals surface area contributed by atoms with Gasteiger partial charge in [-0.2, -0.15) is 11.3 Å². The maximum Gasteiger partial charge on any atom is 0.264 e. The van der Waals surface area contributed by atoms with Crippen LogP contribution in [0, 0.1) is 10.8 Å². The second kappa shape index (κ2) is 15.7. The van der Waals surface area contributed by atoms with Crippen molar-refractivity contribution in [3.8, 4) is 0 Å². The lowest BCUT2D eigenvalue weighted by atomic mass is 9.35. The number of thiophene rings is 1. The minimum atomic E-state index is -0.103. The fourth-order valence-electron chi connectivity index (χ4n) is 15.7. The summed E-state index contributed by atoms with van der Waals surface area (Å²) >= 11 is 2.19. The van der Waals surface area contributed by atoms with Crippen molar-refractivity contribution in [3.63, 3.8) is 0 Å². The van der Waals surface area contributed by atoms with Crippen LogP contribution < -0.4 is 25.5 Å². The first-order valence-electron chi connectivity index (χ1n) is 29.1. The van der Waals surface area contributed by atoms with Crippen LogP contribution in [0.3, 0.4) is 0 Å². The van der Waals surface area contributed by atoms with Gasteiger partial charge in [0.05, 0.1) is 11.7 Å². The van der Waals surface area contributed by atoms with Crippen molar-refractivity contribution in [1.82, 2.24) is 0 Å². The second-order valence-corrected chi connectivity index (χ2v) is 32.2. The monoisotopic (exact) mass is 1000 g/mol. The first-order valence-corrected chi connectivity index (χ1v) is 29.9. The molecule has 4 heteroatoms. The zero-order chi connectivity index (χ0) is 53.0. The van der Waals surface area contributed by atoms with Crippen molar-refractivity contribution in [2.24, 2.45) is 10.8 Å². The van der Waals surface area contributed by atoms with Crippen LogP contribution in [0.15, 0.2) is 90.0 Å². The molecular formula is C70H89BN2S. The van der Waals surface area contributed by atoms with Gasteiger partial charge in [-0.3, -0.25) is 0 Å². The van der Waals surface area contributed by atoms with E-state index in [1.165, 1.54) is 119 Å². The van der Waals surface area contributed by atoms with E-state index in [-0.39, 0.29) is 61.5 Å². The summed E-state index contributed by atoms with van der Waals surface area (Å²) in [6.07, 6.45) is 13.3. The predicted octanol–water partition coefficient (Wildman–Crippen LogP) is 17.8. The van der Waals surface area contributed by atoms with Crippen molar-refractivity contribution in [3.05, 3.63) is 134 Å². The van der Waals surface area contributed by atoms with Gasteiger partial charge in [-0.15, -0.1) is 0 Å². The molecule has 0 bridgehead atoms. The Morgan fingerprint density at radius 2 is 1.07 bits per heavy atom. The smallest absolute Gasteiger partial charge is 0.264 e. The van der Waals surface area contributed by atoms with Crippen LogP contribution in [0.4, 0.5) is 28.4 Å². The summed E-state index contributed by atoms with van der Waals surface area (Å²) in [7, 11) is 0. The highest BCUT2D eigenvalue weighted by atomic mass is 32.1. The molecular weight excluding hydrogens is 912 g/mol. The third-order valence-electron chi connectivity index (χ3n) is 21.2. The molecule has 7 aliphatic rings. The minimum absolute atomic E-state index is 0.0134. The number of allylic oxidation sites excluding steroid dienone is 2. The molecule has 3 heterocycles. The molecule has 1 aromatic heterocycles. The second-order valence-electron chi connectivity index (χ2n) is 31.2. The number of hydrogen-bond donors (Lipinski definition) is 0. The van der Waals surface area contributed by atoms with E-state index in [4.69, 9.17) is 0 Å². The molecule has 2 aliphatic heterocycles. The molecule has 0 radical (unpaired) electrons. The van der Waals surface area contributed by atoms with Crippen LogP contribution >= 0.6 is 11.3 Å². The van der Waals surface area contributed by atoms with Crippen LogP contribution in [0.1, 0.15) is 233 Å². The highest BCUT2D eigenvalue weighted by molar-refractivity contribution is 7.29. The molecule has 74 heavy (non-hydrogen) atoms. The maximum absolute atomic E-state index is 2.97. The van der Waals surface area contributed by atoms with Gasteiger partial charge < -0.3 is 9.80 Å². The molecule has 0 saturated heterocycles. The third-order valence-corrected chi connectivity index (χ3v) is 22.8. The summed E-state index contributed by atoms with van der Waals surface area (Å²) in [6.45, 7) is 48.1. The number of anilines is 5. The number of hydrogen-bond acceptors (Lipinski definition) is 3. The van der Waals surface area contributed by atoms with Crippen molar-refractivity contribution < 1.29 is 0 Å². The summed E-state index contributed by atoms with van der Waals surface area (Å²) in [6, 6.07) is 30.4. The zero-order valence-electron chi connectivity index (χ0n) is 49.3. The molecule has 2 nitrogen and oxygen atoms in total. The van der Waals surface area contributed by atoms with Crippen LogP contribution in [-0.4, -0.2) is 12.8 Å². The summed E-state index contributed by atoms with van der Waals surface area (Å²) < 4.78 is 1.56. The fourth-order valence-corrected chi connectivity index (χ4v) is 17.4. The SMILES string of the molecule is CC1(C)CCC(C)(C)C2=C1C=C(c1ccccc1)C(N1c3cc4c(cc3B3c5sc6c(c5N(c5ccc7c(c5)C(C)(C)CCC7(C)C)c5cc(C(C)(C)C)cc1c53)C(C)(C)CCC6(C)C)C(C)(C)CCC4(C)C)C2. The first kappa shape index (κ1) is 50.5. The van der Waals surface area contributed by atoms with Gasteiger partial charge in [0.1, 0.15) is 0 Å². The van der Waals surface area contributed by atoms with Gasteiger partial charge in [0.15, 0.2) is 0 Å². The minimum Gasteiger partial charge on any atom is -0.334 e. The average molecular weight is 1000 g/mol. The highest BCUT2D eigenvalue weighted by Crippen LogP contribution is 2.60. The highest BCUT2D eigenvalue weighted by Gasteiger charge is 2.54. The van der Waals surface area contributed by atoms with Crippen molar-refractivity contribution in [2.45, 2.75) is 233 Å². The standard InChI is InChI=1S/C70H89BN2S/c1-62(2,3)43-35-55-58-56(36-43)73(53-40-50-48(65(8,9)29-31-67(50,12)13)38-45(53)42-23-21-20-22-24-42)54-41-51-49(66(10,11)30-32-68(51,14)15)39-52(54)71(58)61-59(57-60(74-61)70(18,19)34-33-69(57,16)17)72(55)44-25-26-46-47(37-44)64(6,7)28-27-63(46,4)5/h20-26,35-39,41,53H,27-34,40H2,1-19H3. The van der Waals surface area contributed by atoms with Gasteiger partial charge in [-0.1, -0.05) is 186 Å². The van der Waals surface area contributed by atoms with E-state index in [2.05, 4.69) is 232 Å². The lowest BCUT2D eigenvalue weighted by Crippen LogP contribution is -2.63. The average Bonchev–Trinajstić information content (AvgIpc) is 3.75. The van der Waals surface area contributed by atoms with Crippen molar-refractivity contribution in [2.75, 3.05) is 9.80 Å². The lowest BCUT2D eigenvalue weighted by molar-refractivity contribution is 0.257. The topological polar surface area (TPSA) is 6.48 Å².